The summed E-state index contributed by atoms with van der Waals surface area (Å²) in [5.41, 5.74) is 1.18. The van der Waals surface area contributed by atoms with E-state index >= 15 is 0 Å². The van der Waals surface area contributed by atoms with E-state index in [0.717, 1.165) is 17.9 Å². The Labute approximate surface area is 115 Å². The molecule has 2 rings (SSSR count). The van der Waals surface area contributed by atoms with Crippen LogP contribution in [0.5, 0.6) is 11.5 Å². The van der Waals surface area contributed by atoms with Gasteiger partial charge in [-0.05, 0) is 32.3 Å². The van der Waals surface area contributed by atoms with E-state index in [9.17, 15) is 0 Å². The summed E-state index contributed by atoms with van der Waals surface area (Å²) in [5.74, 6) is 1.71. The molecular formula is C16H23NO2. The Morgan fingerprint density at radius 1 is 1.21 bits per heavy atom. The smallest absolute Gasteiger partial charge is 0.127 e. The molecule has 0 spiro atoms. The zero-order valence-electron chi connectivity index (χ0n) is 12.0. The maximum Gasteiger partial charge on any atom is 0.127 e. The van der Waals surface area contributed by atoms with Gasteiger partial charge >= 0.3 is 0 Å². The first kappa shape index (κ1) is 13.9. The minimum absolute atomic E-state index is 0.275. The monoisotopic (exact) mass is 261 g/mol. The summed E-state index contributed by atoms with van der Waals surface area (Å²) < 4.78 is 10.7. The van der Waals surface area contributed by atoms with Crippen molar-refractivity contribution < 1.29 is 9.47 Å². The lowest BCUT2D eigenvalue weighted by Crippen LogP contribution is -2.32. The van der Waals surface area contributed by atoms with Crippen molar-refractivity contribution in [3.8, 4) is 11.5 Å². The van der Waals surface area contributed by atoms with E-state index < -0.39 is 0 Å². The van der Waals surface area contributed by atoms with Crippen LogP contribution < -0.4 is 14.8 Å². The molecule has 104 valence electrons. The summed E-state index contributed by atoms with van der Waals surface area (Å²) in [6, 6.07) is 6.84. The van der Waals surface area contributed by atoms with Crippen LogP contribution in [0.4, 0.5) is 0 Å². The van der Waals surface area contributed by atoms with E-state index in [1.165, 1.54) is 18.4 Å². The Balaban J connectivity index is 2.09. The summed E-state index contributed by atoms with van der Waals surface area (Å²) in [7, 11) is 3.37. The molecule has 0 aromatic heterocycles. The molecule has 0 fully saturated rings. The van der Waals surface area contributed by atoms with Crippen molar-refractivity contribution >= 4 is 0 Å². The Morgan fingerprint density at radius 2 is 2.05 bits per heavy atom. The van der Waals surface area contributed by atoms with E-state index in [0.29, 0.717) is 6.04 Å². The number of methoxy groups -OCH3 is 2. The minimum Gasteiger partial charge on any atom is -0.497 e. The van der Waals surface area contributed by atoms with Crippen molar-refractivity contribution in [3.05, 3.63) is 35.9 Å². The molecule has 0 saturated heterocycles. The number of rotatable bonds is 5. The first-order valence-electron chi connectivity index (χ1n) is 6.87. The van der Waals surface area contributed by atoms with Crippen molar-refractivity contribution in [1.29, 1.82) is 0 Å². The zero-order chi connectivity index (χ0) is 13.7. The highest BCUT2D eigenvalue weighted by Crippen LogP contribution is 2.30. The number of ether oxygens (including phenoxy) is 2. The average molecular weight is 261 g/mol. The summed E-state index contributed by atoms with van der Waals surface area (Å²) in [5, 5.41) is 3.68. The van der Waals surface area contributed by atoms with Gasteiger partial charge in [-0.3, -0.25) is 0 Å². The molecular weight excluding hydrogens is 238 g/mol. The fraction of sp³-hybridized carbons (Fsp3) is 0.500. The van der Waals surface area contributed by atoms with Crippen molar-refractivity contribution in [1.82, 2.24) is 5.32 Å². The SMILES string of the molecule is COc1ccc(C(C)NC2CC=CCC2)c(OC)c1. The minimum atomic E-state index is 0.275. The third-order valence-electron chi connectivity index (χ3n) is 3.66. The van der Waals surface area contributed by atoms with Gasteiger partial charge in [-0.25, -0.2) is 0 Å². The molecule has 0 aliphatic heterocycles. The Kier molecular flexibility index (Phi) is 4.86. The van der Waals surface area contributed by atoms with Gasteiger partial charge in [0.05, 0.1) is 14.2 Å². The molecule has 3 nitrogen and oxygen atoms in total. The van der Waals surface area contributed by atoms with Crippen LogP contribution in [-0.4, -0.2) is 20.3 Å². The van der Waals surface area contributed by atoms with Crippen molar-refractivity contribution in [2.24, 2.45) is 0 Å². The van der Waals surface area contributed by atoms with Crippen LogP contribution in [0.1, 0.15) is 37.8 Å². The first-order chi connectivity index (χ1) is 9.24. The van der Waals surface area contributed by atoms with Gasteiger partial charge in [0.25, 0.3) is 0 Å². The molecule has 3 heteroatoms. The van der Waals surface area contributed by atoms with Crippen LogP contribution in [0, 0.1) is 0 Å². The molecule has 0 saturated carbocycles. The Bertz CT molecular complexity index is 442. The molecule has 0 heterocycles. The van der Waals surface area contributed by atoms with Gasteiger partial charge in [-0.1, -0.05) is 18.2 Å². The summed E-state index contributed by atoms with van der Waals surface area (Å²) in [6.07, 6.45) is 8.02. The van der Waals surface area contributed by atoms with E-state index in [-0.39, 0.29) is 6.04 Å². The summed E-state index contributed by atoms with van der Waals surface area (Å²) in [4.78, 5) is 0. The predicted octanol–water partition coefficient (Wildman–Crippen LogP) is 3.46. The number of allylic oxidation sites excluding steroid dienone is 1. The number of nitrogens with one attached hydrogen (secondary N) is 1. The van der Waals surface area contributed by atoms with Gasteiger partial charge in [0.1, 0.15) is 11.5 Å². The number of hydrogen-bond donors (Lipinski definition) is 1. The second kappa shape index (κ2) is 6.62. The lowest BCUT2D eigenvalue weighted by Gasteiger charge is -2.25. The Morgan fingerprint density at radius 3 is 2.68 bits per heavy atom. The highest BCUT2D eigenvalue weighted by Gasteiger charge is 2.17. The van der Waals surface area contributed by atoms with Crippen molar-refractivity contribution in [2.45, 2.75) is 38.3 Å². The fourth-order valence-electron chi connectivity index (χ4n) is 2.56. The summed E-state index contributed by atoms with van der Waals surface area (Å²) >= 11 is 0. The van der Waals surface area contributed by atoms with Crippen LogP contribution in [0.3, 0.4) is 0 Å². The summed E-state index contributed by atoms with van der Waals surface area (Å²) in [6.45, 7) is 2.18. The topological polar surface area (TPSA) is 30.5 Å². The standard InChI is InChI=1S/C16H23NO2/c1-12(17-13-7-5-4-6-8-13)15-10-9-14(18-2)11-16(15)19-3/h4-5,9-13,17H,6-8H2,1-3H3. The largest absolute Gasteiger partial charge is 0.497 e. The third kappa shape index (κ3) is 3.51. The molecule has 1 aliphatic rings. The molecule has 2 unspecified atom stereocenters. The lowest BCUT2D eigenvalue weighted by molar-refractivity contribution is 0.376. The van der Waals surface area contributed by atoms with Crippen LogP contribution in [0.15, 0.2) is 30.4 Å². The molecule has 1 aromatic carbocycles. The van der Waals surface area contributed by atoms with E-state index in [1.807, 2.05) is 12.1 Å². The highest BCUT2D eigenvalue weighted by atomic mass is 16.5. The average Bonchev–Trinajstić information content (AvgIpc) is 2.47. The normalized spacial score (nSPS) is 20.1. The molecule has 0 radical (unpaired) electrons. The lowest BCUT2D eigenvalue weighted by atomic mass is 9.99. The fourth-order valence-corrected chi connectivity index (χ4v) is 2.56. The van der Waals surface area contributed by atoms with Crippen LogP contribution in [-0.2, 0) is 0 Å². The maximum atomic E-state index is 5.46. The zero-order valence-corrected chi connectivity index (χ0v) is 12.0. The van der Waals surface area contributed by atoms with Gasteiger partial charge in [0, 0.05) is 23.7 Å². The Hall–Kier alpha value is -1.48. The molecule has 0 amide bonds. The molecule has 19 heavy (non-hydrogen) atoms. The van der Waals surface area contributed by atoms with Crippen molar-refractivity contribution in [3.63, 3.8) is 0 Å². The molecule has 0 bridgehead atoms. The van der Waals surface area contributed by atoms with Gasteiger partial charge in [-0.15, -0.1) is 0 Å². The van der Waals surface area contributed by atoms with E-state index in [2.05, 4.69) is 30.5 Å². The van der Waals surface area contributed by atoms with Gasteiger partial charge < -0.3 is 14.8 Å². The number of hydrogen-bond acceptors (Lipinski definition) is 3. The molecule has 2 atom stereocenters. The second-order valence-corrected chi connectivity index (χ2v) is 4.98. The third-order valence-corrected chi connectivity index (χ3v) is 3.66. The van der Waals surface area contributed by atoms with Gasteiger partial charge in [-0.2, -0.15) is 0 Å². The van der Waals surface area contributed by atoms with Gasteiger partial charge in [0.2, 0.25) is 0 Å². The number of benzene rings is 1. The highest BCUT2D eigenvalue weighted by molar-refractivity contribution is 5.42. The van der Waals surface area contributed by atoms with Crippen LogP contribution in [0.25, 0.3) is 0 Å². The van der Waals surface area contributed by atoms with Gasteiger partial charge in [0.15, 0.2) is 0 Å². The molecule has 1 N–H and O–H groups in total. The second-order valence-electron chi connectivity index (χ2n) is 4.98. The van der Waals surface area contributed by atoms with Crippen LogP contribution >= 0.6 is 0 Å². The molecule has 1 aromatic rings. The molecule has 1 aliphatic carbocycles. The maximum absolute atomic E-state index is 5.46. The van der Waals surface area contributed by atoms with E-state index in [4.69, 9.17) is 9.47 Å². The van der Waals surface area contributed by atoms with Crippen LogP contribution in [0.2, 0.25) is 0 Å². The quantitative estimate of drug-likeness (QED) is 0.823. The van der Waals surface area contributed by atoms with Crippen molar-refractivity contribution in [2.75, 3.05) is 14.2 Å². The van der Waals surface area contributed by atoms with E-state index in [1.54, 1.807) is 14.2 Å². The predicted molar refractivity (Wildman–Crippen MR) is 77.9 cm³/mol. The first-order valence-corrected chi connectivity index (χ1v) is 6.87.